The van der Waals surface area contributed by atoms with E-state index < -0.39 is 23.6 Å². The number of fused-ring (bicyclic) bond motifs is 1. The van der Waals surface area contributed by atoms with Gasteiger partial charge in [-0.15, -0.1) is 0 Å². The summed E-state index contributed by atoms with van der Waals surface area (Å²) in [4.78, 5) is 26.4. The van der Waals surface area contributed by atoms with E-state index in [4.69, 9.17) is 4.74 Å². The van der Waals surface area contributed by atoms with Crippen molar-refractivity contribution >= 4 is 17.5 Å². The van der Waals surface area contributed by atoms with Crippen molar-refractivity contribution in [3.05, 3.63) is 59.7 Å². The molecule has 0 spiro atoms. The summed E-state index contributed by atoms with van der Waals surface area (Å²) in [6.45, 7) is 2.34. The fourth-order valence-electron chi connectivity index (χ4n) is 2.73. The fourth-order valence-corrected chi connectivity index (χ4v) is 2.73. The van der Waals surface area contributed by atoms with E-state index in [0.29, 0.717) is 24.0 Å². The van der Waals surface area contributed by atoms with Crippen molar-refractivity contribution in [1.82, 2.24) is 5.32 Å². The number of para-hydroxylation sites is 2. The van der Waals surface area contributed by atoms with Gasteiger partial charge in [-0.3, -0.25) is 9.59 Å². The second kappa shape index (κ2) is 7.51. The van der Waals surface area contributed by atoms with Crippen LogP contribution in [0.25, 0.3) is 0 Å². The van der Waals surface area contributed by atoms with Gasteiger partial charge in [-0.25, -0.2) is 8.78 Å². The molecular formula is C19H18F2N2O3. The predicted octanol–water partition coefficient (Wildman–Crippen LogP) is 2.90. The Bertz CT molecular complexity index is 841. The molecular weight excluding hydrogens is 342 g/mol. The maximum atomic E-state index is 14.1. The molecule has 0 bridgehead atoms. The number of carbonyl (C=O) groups excluding carboxylic acids is 2. The van der Waals surface area contributed by atoms with Gasteiger partial charge in [-0.1, -0.05) is 19.1 Å². The largest absolute Gasteiger partial charge is 0.477 e. The minimum absolute atomic E-state index is 0.0673. The summed E-state index contributed by atoms with van der Waals surface area (Å²) >= 11 is 0. The molecule has 136 valence electrons. The molecule has 0 saturated heterocycles. The lowest BCUT2D eigenvalue weighted by molar-refractivity contribution is -0.127. The van der Waals surface area contributed by atoms with Crippen molar-refractivity contribution in [3.63, 3.8) is 0 Å². The summed E-state index contributed by atoms with van der Waals surface area (Å²) in [5, 5.41) is 2.73. The Morgan fingerprint density at radius 3 is 2.73 bits per heavy atom. The highest BCUT2D eigenvalue weighted by molar-refractivity contribution is 6.08. The summed E-state index contributed by atoms with van der Waals surface area (Å²) in [5.74, 6) is -2.37. The normalized spacial score (nSPS) is 15.8. The van der Waals surface area contributed by atoms with Gasteiger partial charge in [0, 0.05) is 12.6 Å². The minimum atomic E-state index is -0.953. The van der Waals surface area contributed by atoms with Crippen LogP contribution < -0.4 is 15.0 Å². The number of halogens is 2. The molecule has 0 aromatic heterocycles. The first-order chi connectivity index (χ1) is 12.5. The Kier molecular flexibility index (Phi) is 5.16. The third kappa shape index (κ3) is 3.51. The summed E-state index contributed by atoms with van der Waals surface area (Å²) in [6.07, 6.45) is -0.151. The molecule has 1 atom stereocenters. The molecule has 2 amide bonds. The lowest BCUT2D eigenvalue weighted by Gasteiger charge is -2.34. The molecule has 1 N–H and O–H groups in total. The summed E-state index contributed by atoms with van der Waals surface area (Å²) in [7, 11) is 0. The van der Waals surface area contributed by atoms with Gasteiger partial charge in [0.1, 0.15) is 17.4 Å². The first-order valence-corrected chi connectivity index (χ1v) is 8.31. The van der Waals surface area contributed by atoms with Crippen molar-refractivity contribution in [3.8, 4) is 5.75 Å². The Hall–Kier alpha value is -2.96. The van der Waals surface area contributed by atoms with Gasteiger partial charge in [0.15, 0.2) is 6.10 Å². The maximum absolute atomic E-state index is 14.1. The SMILES string of the molecule is CCCNC(=O)[C@@H]1CN(C(=O)c2ccc(F)cc2F)c2ccccc2O1. The summed E-state index contributed by atoms with van der Waals surface area (Å²) in [6, 6.07) is 9.48. The molecule has 3 rings (SSSR count). The third-order valence-electron chi connectivity index (χ3n) is 4.02. The molecule has 2 aromatic carbocycles. The predicted molar refractivity (Wildman–Crippen MR) is 92.2 cm³/mol. The second-order valence-corrected chi connectivity index (χ2v) is 5.91. The number of hydrogen-bond acceptors (Lipinski definition) is 3. The molecule has 5 nitrogen and oxygen atoms in total. The maximum Gasteiger partial charge on any atom is 0.262 e. The average molecular weight is 360 g/mol. The Balaban J connectivity index is 1.93. The number of nitrogens with one attached hydrogen (secondary N) is 1. The number of amides is 2. The van der Waals surface area contributed by atoms with E-state index in [-0.39, 0.29) is 18.0 Å². The first-order valence-electron chi connectivity index (χ1n) is 8.31. The highest BCUT2D eigenvalue weighted by Gasteiger charge is 2.34. The molecule has 2 aromatic rings. The molecule has 0 unspecified atom stereocenters. The number of benzene rings is 2. The van der Waals surface area contributed by atoms with E-state index in [1.165, 1.54) is 4.90 Å². The van der Waals surface area contributed by atoms with Crippen molar-refractivity contribution in [1.29, 1.82) is 0 Å². The third-order valence-corrected chi connectivity index (χ3v) is 4.02. The lowest BCUT2D eigenvalue weighted by Crippen LogP contribution is -2.51. The van der Waals surface area contributed by atoms with Gasteiger partial charge in [-0.2, -0.15) is 0 Å². The molecule has 1 aliphatic heterocycles. The summed E-state index contributed by atoms with van der Waals surface area (Å²) < 4.78 is 32.9. The lowest BCUT2D eigenvalue weighted by atomic mass is 10.1. The molecule has 1 heterocycles. The van der Waals surface area contributed by atoms with E-state index in [9.17, 15) is 18.4 Å². The number of anilines is 1. The van der Waals surface area contributed by atoms with E-state index in [1.54, 1.807) is 24.3 Å². The van der Waals surface area contributed by atoms with Gasteiger partial charge < -0.3 is 15.0 Å². The van der Waals surface area contributed by atoms with E-state index in [0.717, 1.165) is 18.6 Å². The summed E-state index contributed by atoms with van der Waals surface area (Å²) in [5.41, 5.74) is 0.164. The van der Waals surface area contributed by atoms with E-state index >= 15 is 0 Å². The zero-order valence-electron chi connectivity index (χ0n) is 14.2. The monoisotopic (exact) mass is 360 g/mol. The molecule has 0 radical (unpaired) electrons. The van der Waals surface area contributed by atoms with Gasteiger partial charge in [-0.05, 0) is 30.7 Å². The van der Waals surface area contributed by atoms with Gasteiger partial charge in [0.2, 0.25) is 0 Å². The number of hydrogen-bond donors (Lipinski definition) is 1. The van der Waals surface area contributed by atoms with Crippen LogP contribution in [-0.2, 0) is 4.79 Å². The number of carbonyl (C=O) groups is 2. The Morgan fingerprint density at radius 2 is 2.00 bits per heavy atom. The van der Waals surface area contributed by atoms with Gasteiger partial charge in [0.25, 0.3) is 11.8 Å². The van der Waals surface area contributed by atoms with Gasteiger partial charge in [0.05, 0.1) is 17.8 Å². The highest BCUT2D eigenvalue weighted by Crippen LogP contribution is 2.34. The highest BCUT2D eigenvalue weighted by atomic mass is 19.1. The van der Waals surface area contributed by atoms with Crippen molar-refractivity contribution in [2.24, 2.45) is 0 Å². The van der Waals surface area contributed by atoms with Crippen molar-refractivity contribution in [2.45, 2.75) is 19.4 Å². The van der Waals surface area contributed by atoms with Crippen molar-refractivity contribution < 1.29 is 23.1 Å². The quantitative estimate of drug-likeness (QED) is 0.912. The molecule has 7 heteroatoms. The van der Waals surface area contributed by atoms with Crippen LogP contribution in [0.4, 0.5) is 14.5 Å². The number of rotatable bonds is 4. The van der Waals surface area contributed by atoms with Crippen LogP contribution in [0.15, 0.2) is 42.5 Å². The zero-order valence-corrected chi connectivity index (χ0v) is 14.2. The molecule has 0 aliphatic carbocycles. The van der Waals surface area contributed by atoms with Crippen LogP contribution in [0, 0.1) is 11.6 Å². The van der Waals surface area contributed by atoms with Crippen LogP contribution in [0.1, 0.15) is 23.7 Å². The molecule has 1 aliphatic rings. The molecule has 0 fully saturated rings. The Morgan fingerprint density at radius 1 is 1.23 bits per heavy atom. The fraction of sp³-hybridized carbons (Fsp3) is 0.263. The van der Waals surface area contributed by atoms with Gasteiger partial charge >= 0.3 is 0 Å². The topological polar surface area (TPSA) is 58.6 Å². The van der Waals surface area contributed by atoms with Crippen molar-refractivity contribution in [2.75, 3.05) is 18.0 Å². The molecule has 0 saturated carbocycles. The zero-order chi connectivity index (χ0) is 18.7. The van der Waals surface area contributed by atoms with Crippen LogP contribution in [0.5, 0.6) is 5.75 Å². The van der Waals surface area contributed by atoms with E-state index in [2.05, 4.69) is 5.32 Å². The standard InChI is InChI=1S/C19H18F2N2O3/c1-2-9-22-18(24)17-11-23(15-5-3-4-6-16(15)26-17)19(25)13-8-7-12(20)10-14(13)21/h3-8,10,17H,2,9,11H2,1H3,(H,22,24)/t17-/m0/s1. The minimum Gasteiger partial charge on any atom is -0.477 e. The number of ether oxygens (including phenoxy) is 1. The van der Waals surface area contributed by atoms with Crippen LogP contribution in [0.2, 0.25) is 0 Å². The Labute approximate surface area is 149 Å². The number of nitrogens with zero attached hydrogens (tertiary/aromatic N) is 1. The average Bonchev–Trinajstić information content (AvgIpc) is 2.64. The second-order valence-electron chi connectivity index (χ2n) is 5.91. The van der Waals surface area contributed by atoms with Crippen LogP contribution >= 0.6 is 0 Å². The molecule has 26 heavy (non-hydrogen) atoms. The van der Waals surface area contributed by atoms with E-state index in [1.807, 2.05) is 6.92 Å². The van der Waals surface area contributed by atoms with Crippen LogP contribution in [-0.4, -0.2) is 31.0 Å². The smallest absolute Gasteiger partial charge is 0.262 e. The van der Waals surface area contributed by atoms with Crippen LogP contribution in [0.3, 0.4) is 0 Å². The first kappa shape index (κ1) is 17.8.